The van der Waals surface area contributed by atoms with Crippen LogP contribution in [0.1, 0.15) is 18.4 Å². The lowest BCUT2D eigenvalue weighted by Gasteiger charge is -1.97. The van der Waals surface area contributed by atoms with Crippen LogP contribution in [0.4, 0.5) is 5.69 Å². The van der Waals surface area contributed by atoms with Crippen LogP contribution in [-0.4, -0.2) is 14.8 Å². The summed E-state index contributed by atoms with van der Waals surface area (Å²) in [5, 5.41) is 4.31. The van der Waals surface area contributed by atoms with Crippen LogP contribution in [0.5, 0.6) is 0 Å². The predicted molar refractivity (Wildman–Crippen MR) is 57.2 cm³/mol. The molecular formula is C10H14N4O. The smallest absolute Gasteiger partial charge is 0.247 e. The Bertz CT molecular complexity index is 484. The van der Waals surface area contributed by atoms with Crippen LogP contribution in [0, 0.1) is 6.92 Å². The van der Waals surface area contributed by atoms with Crippen LogP contribution in [-0.2, 0) is 13.5 Å². The summed E-state index contributed by atoms with van der Waals surface area (Å²) >= 11 is 0. The molecule has 0 unspecified atom stereocenters. The Labute approximate surface area is 87.9 Å². The highest BCUT2D eigenvalue weighted by molar-refractivity contribution is 5.69. The monoisotopic (exact) mass is 206 g/mol. The number of oxazole rings is 1. The third-order valence-corrected chi connectivity index (χ3v) is 2.32. The fourth-order valence-corrected chi connectivity index (χ4v) is 1.57. The van der Waals surface area contributed by atoms with E-state index in [9.17, 15) is 0 Å². The number of rotatable bonds is 2. The fraction of sp³-hybridized carbons (Fsp3) is 0.400. The maximum absolute atomic E-state index is 5.97. The van der Waals surface area contributed by atoms with E-state index in [1.807, 2.05) is 20.9 Å². The zero-order valence-corrected chi connectivity index (χ0v) is 9.11. The number of nitrogens with zero attached hydrogens (tertiary/aromatic N) is 3. The Balaban J connectivity index is 2.57. The normalized spacial score (nSPS) is 10.9. The van der Waals surface area contributed by atoms with E-state index in [-0.39, 0.29) is 0 Å². The van der Waals surface area contributed by atoms with Gasteiger partial charge in [0, 0.05) is 7.05 Å². The van der Waals surface area contributed by atoms with Crippen molar-refractivity contribution in [1.29, 1.82) is 0 Å². The molecule has 80 valence electrons. The SMILES string of the molecule is CCc1nn(C)c(-c2ncc(C)o2)c1N. The van der Waals surface area contributed by atoms with Crippen molar-refractivity contribution in [3.8, 4) is 11.6 Å². The molecule has 0 spiro atoms. The topological polar surface area (TPSA) is 69.9 Å². The van der Waals surface area contributed by atoms with Crippen molar-refractivity contribution in [2.45, 2.75) is 20.3 Å². The first kappa shape index (κ1) is 9.76. The lowest BCUT2D eigenvalue weighted by atomic mass is 10.2. The van der Waals surface area contributed by atoms with E-state index in [0.717, 1.165) is 23.6 Å². The molecule has 0 amide bonds. The quantitative estimate of drug-likeness (QED) is 0.808. The Morgan fingerprint density at radius 2 is 2.27 bits per heavy atom. The summed E-state index contributed by atoms with van der Waals surface area (Å²) in [6.45, 7) is 3.87. The minimum Gasteiger partial charge on any atom is -0.440 e. The molecule has 0 atom stereocenters. The molecule has 15 heavy (non-hydrogen) atoms. The summed E-state index contributed by atoms with van der Waals surface area (Å²) in [6.07, 6.45) is 2.48. The highest BCUT2D eigenvalue weighted by Gasteiger charge is 2.17. The highest BCUT2D eigenvalue weighted by Crippen LogP contribution is 2.27. The minimum absolute atomic E-state index is 0.528. The van der Waals surface area contributed by atoms with E-state index in [1.54, 1.807) is 10.9 Å². The molecule has 0 aliphatic heterocycles. The predicted octanol–water partition coefficient (Wildman–Crippen LogP) is 1.53. The van der Waals surface area contributed by atoms with Crippen molar-refractivity contribution in [3.63, 3.8) is 0 Å². The van der Waals surface area contributed by atoms with Crippen LogP contribution in [0.15, 0.2) is 10.6 Å². The van der Waals surface area contributed by atoms with Crippen LogP contribution in [0.2, 0.25) is 0 Å². The first-order valence-corrected chi connectivity index (χ1v) is 4.87. The van der Waals surface area contributed by atoms with Gasteiger partial charge in [-0.2, -0.15) is 5.10 Å². The Kier molecular flexibility index (Phi) is 2.22. The molecule has 0 radical (unpaired) electrons. The van der Waals surface area contributed by atoms with E-state index in [1.165, 1.54) is 0 Å². The molecular weight excluding hydrogens is 192 g/mol. The maximum atomic E-state index is 5.97. The Morgan fingerprint density at radius 1 is 1.53 bits per heavy atom. The molecule has 2 aromatic rings. The molecule has 2 rings (SSSR count). The Hall–Kier alpha value is -1.78. The van der Waals surface area contributed by atoms with Crippen molar-refractivity contribution in [3.05, 3.63) is 17.7 Å². The maximum Gasteiger partial charge on any atom is 0.247 e. The van der Waals surface area contributed by atoms with Gasteiger partial charge in [0.05, 0.1) is 17.6 Å². The summed E-state index contributed by atoms with van der Waals surface area (Å²) in [4.78, 5) is 4.15. The van der Waals surface area contributed by atoms with E-state index in [4.69, 9.17) is 10.2 Å². The molecule has 5 nitrogen and oxygen atoms in total. The van der Waals surface area contributed by atoms with Gasteiger partial charge in [-0.15, -0.1) is 0 Å². The summed E-state index contributed by atoms with van der Waals surface area (Å²) in [5.41, 5.74) is 8.26. The van der Waals surface area contributed by atoms with Gasteiger partial charge < -0.3 is 10.2 Å². The lowest BCUT2D eigenvalue weighted by Crippen LogP contribution is -1.95. The molecule has 0 saturated carbocycles. The molecule has 2 aromatic heterocycles. The number of anilines is 1. The van der Waals surface area contributed by atoms with Gasteiger partial charge in [0.25, 0.3) is 0 Å². The fourth-order valence-electron chi connectivity index (χ4n) is 1.57. The first-order valence-electron chi connectivity index (χ1n) is 4.87. The molecule has 0 aliphatic rings. The zero-order valence-electron chi connectivity index (χ0n) is 9.11. The van der Waals surface area contributed by atoms with Crippen LogP contribution >= 0.6 is 0 Å². The lowest BCUT2D eigenvalue weighted by molar-refractivity contribution is 0.535. The average Bonchev–Trinajstić information content (AvgIpc) is 2.71. The number of hydrogen-bond donors (Lipinski definition) is 1. The molecule has 2 heterocycles. The van der Waals surface area contributed by atoms with Crippen molar-refractivity contribution in [2.75, 3.05) is 5.73 Å². The van der Waals surface area contributed by atoms with Gasteiger partial charge >= 0.3 is 0 Å². The highest BCUT2D eigenvalue weighted by atomic mass is 16.4. The molecule has 0 fully saturated rings. The molecule has 0 aliphatic carbocycles. The molecule has 5 heteroatoms. The van der Waals surface area contributed by atoms with Gasteiger partial charge in [-0.3, -0.25) is 4.68 Å². The molecule has 0 bridgehead atoms. The molecule has 2 N–H and O–H groups in total. The number of hydrogen-bond acceptors (Lipinski definition) is 4. The number of nitrogens with two attached hydrogens (primary N) is 1. The van der Waals surface area contributed by atoms with Gasteiger partial charge in [0.15, 0.2) is 0 Å². The van der Waals surface area contributed by atoms with Gasteiger partial charge in [0.2, 0.25) is 5.89 Å². The summed E-state index contributed by atoms with van der Waals surface area (Å²) in [6, 6.07) is 0. The van der Waals surface area contributed by atoms with Gasteiger partial charge in [0.1, 0.15) is 11.5 Å². The Morgan fingerprint density at radius 3 is 2.73 bits per heavy atom. The first-order chi connectivity index (χ1) is 7.13. The second kappa shape index (κ2) is 3.42. The summed E-state index contributed by atoms with van der Waals surface area (Å²) in [7, 11) is 1.84. The third kappa shape index (κ3) is 1.49. The molecule has 0 saturated heterocycles. The van der Waals surface area contributed by atoms with Crippen LogP contribution < -0.4 is 5.73 Å². The van der Waals surface area contributed by atoms with Crippen LogP contribution in [0.3, 0.4) is 0 Å². The van der Waals surface area contributed by atoms with Gasteiger partial charge in [-0.05, 0) is 13.3 Å². The number of aromatic nitrogens is 3. The standard InChI is InChI=1S/C10H14N4O/c1-4-7-8(11)9(14(3)13-7)10-12-5-6(2)15-10/h5H,4,11H2,1-3H3. The molecule has 0 aromatic carbocycles. The number of aryl methyl sites for hydroxylation is 3. The summed E-state index contributed by atoms with van der Waals surface area (Å²) in [5.74, 6) is 1.29. The minimum atomic E-state index is 0.528. The number of nitrogen functional groups attached to an aromatic ring is 1. The van der Waals surface area contributed by atoms with Crippen molar-refractivity contribution in [2.24, 2.45) is 7.05 Å². The van der Waals surface area contributed by atoms with Gasteiger partial charge in [-0.1, -0.05) is 6.92 Å². The van der Waals surface area contributed by atoms with E-state index >= 15 is 0 Å². The van der Waals surface area contributed by atoms with E-state index in [0.29, 0.717) is 11.6 Å². The summed E-state index contributed by atoms with van der Waals surface area (Å²) < 4.78 is 7.14. The second-order valence-corrected chi connectivity index (χ2v) is 3.46. The second-order valence-electron chi connectivity index (χ2n) is 3.46. The third-order valence-electron chi connectivity index (χ3n) is 2.32. The van der Waals surface area contributed by atoms with Gasteiger partial charge in [-0.25, -0.2) is 4.98 Å². The van der Waals surface area contributed by atoms with Crippen LogP contribution in [0.25, 0.3) is 11.6 Å². The van der Waals surface area contributed by atoms with Crippen molar-refractivity contribution < 1.29 is 4.42 Å². The zero-order chi connectivity index (χ0) is 11.0. The van der Waals surface area contributed by atoms with Crippen molar-refractivity contribution in [1.82, 2.24) is 14.8 Å². The van der Waals surface area contributed by atoms with E-state index < -0.39 is 0 Å². The van der Waals surface area contributed by atoms with Crippen molar-refractivity contribution >= 4 is 5.69 Å². The average molecular weight is 206 g/mol. The van der Waals surface area contributed by atoms with E-state index in [2.05, 4.69) is 10.1 Å². The largest absolute Gasteiger partial charge is 0.440 e.